The van der Waals surface area contributed by atoms with Crippen LogP contribution >= 0.6 is 0 Å². The van der Waals surface area contributed by atoms with Gasteiger partial charge in [-0.1, -0.05) is 30.3 Å². The molecule has 0 aliphatic heterocycles. The van der Waals surface area contributed by atoms with Crippen LogP contribution in [-0.2, 0) is 0 Å². The van der Waals surface area contributed by atoms with Crippen molar-refractivity contribution >= 4 is 11.6 Å². The predicted octanol–water partition coefficient (Wildman–Crippen LogP) is 2.98. The Labute approximate surface area is 124 Å². The third-order valence-electron chi connectivity index (χ3n) is 3.65. The summed E-state index contributed by atoms with van der Waals surface area (Å²) in [5, 5.41) is 3.11. The first-order valence-corrected chi connectivity index (χ1v) is 7.05. The highest BCUT2D eigenvalue weighted by Gasteiger charge is 2.38. The van der Waals surface area contributed by atoms with Crippen molar-refractivity contribution in [3.63, 3.8) is 0 Å². The van der Waals surface area contributed by atoms with E-state index in [2.05, 4.69) is 34.6 Å². The van der Waals surface area contributed by atoms with Gasteiger partial charge in [-0.05, 0) is 36.2 Å². The van der Waals surface area contributed by atoms with Crippen molar-refractivity contribution in [1.82, 2.24) is 0 Å². The Kier molecular flexibility index (Phi) is 3.77. The molecule has 2 aromatic rings. The van der Waals surface area contributed by atoms with Gasteiger partial charge in [-0.2, -0.15) is 0 Å². The fourth-order valence-corrected chi connectivity index (χ4v) is 2.42. The summed E-state index contributed by atoms with van der Waals surface area (Å²) >= 11 is 0. The molecule has 1 aliphatic rings. The number of methoxy groups -OCH3 is 1. The smallest absolute Gasteiger partial charge is 0.193 e. The number of nitrogens with zero attached hydrogens (tertiary/aromatic N) is 1. The molecule has 3 N–H and O–H groups in total. The molecule has 1 aliphatic carbocycles. The molecule has 21 heavy (non-hydrogen) atoms. The molecule has 1 saturated carbocycles. The molecule has 0 amide bonds. The maximum atomic E-state index is 5.97. The average molecular weight is 281 g/mol. The zero-order valence-electron chi connectivity index (χ0n) is 12.0. The second kappa shape index (κ2) is 5.87. The van der Waals surface area contributed by atoms with Crippen molar-refractivity contribution in [3.05, 3.63) is 60.2 Å². The van der Waals surface area contributed by atoms with Crippen molar-refractivity contribution in [1.29, 1.82) is 0 Å². The summed E-state index contributed by atoms with van der Waals surface area (Å²) in [6.07, 6.45) is 1.06. The van der Waals surface area contributed by atoms with E-state index in [1.807, 2.05) is 30.3 Å². The molecule has 0 radical (unpaired) electrons. The highest BCUT2D eigenvalue weighted by atomic mass is 16.5. The first-order chi connectivity index (χ1) is 10.3. The number of nitrogens with two attached hydrogens (primary N) is 1. The average Bonchev–Trinajstić information content (AvgIpc) is 3.28. The fraction of sp³-hybridized carbons (Fsp3) is 0.235. The van der Waals surface area contributed by atoms with Gasteiger partial charge in [0.05, 0.1) is 13.2 Å². The Morgan fingerprint density at radius 1 is 1.14 bits per heavy atom. The van der Waals surface area contributed by atoms with Crippen LogP contribution < -0.4 is 15.8 Å². The number of anilines is 1. The van der Waals surface area contributed by atoms with Gasteiger partial charge < -0.3 is 15.8 Å². The molecular formula is C17H19N3O. The topological polar surface area (TPSA) is 59.6 Å². The number of aliphatic imine (C=N–C) groups is 1. The van der Waals surface area contributed by atoms with Crippen molar-refractivity contribution in [3.8, 4) is 5.75 Å². The molecule has 0 heterocycles. The number of hydrogen-bond acceptors (Lipinski definition) is 2. The first kappa shape index (κ1) is 13.5. The third kappa shape index (κ3) is 3.34. The summed E-state index contributed by atoms with van der Waals surface area (Å²) < 4.78 is 5.12. The number of hydrogen-bond donors (Lipinski definition) is 2. The number of benzene rings is 2. The molecule has 4 nitrogen and oxygen atoms in total. The molecule has 1 fully saturated rings. The minimum atomic E-state index is 0.290. The lowest BCUT2D eigenvalue weighted by molar-refractivity contribution is 0.415. The molecule has 2 atom stereocenters. The van der Waals surface area contributed by atoms with Crippen LogP contribution in [0.15, 0.2) is 59.6 Å². The molecule has 108 valence electrons. The van der Waals surface area contributed by atoms with Crippen molar-refractivity contribution < 1.29 is 4.74 Å². The van der Waals surface area contributed by atoms with E-state index < -0.39 is 0 Å². The standard InChI is InChI=1S/C17H19N3O/c1-21-14-9-7-13(8-10-14)19-17(18)20-16-11-15(16)12-5-3-2-4-6-12/h2-10,15-16H,11H2,1H3,(H3,18,19,20). The molecule has 0 spiro atoms. The SMILES string of the molecule is COc1ccc(NC(N)=NC2CC2c2ccccc2)cc1. The Balaban J connectivity index is 1.59. The number of ether oxygens (including phenoxy) is 1. The Bertz CT molecular complexity index is 622. The van der Waals surface area contributed by atoms with E-state index in [-0.39, 0.29) is 6.04 Å². The van der Waals surface area contributed by atoms with Gasteiger partial charge in [-0.15, -0.1) is 0 Å². The van der Waals surface area contributed by atoms with Gasteiger partial charge in [0, 0.05) is 11.6 Å². The zero-order valence-corrected chi connectivity index (χ0v) is 12.0. The molecular weight excluding hydrogens is 262 g/mol. The summed E-state index contributed by atoms with van der Waals surface area (Å²) in [4.78, 5) is 4.54. The van der Waals surface area contributed by atoms with Crippen molar-refractivity contribution in [2.24, 2.45) is 10.7 Å². The van der Waals surface area contributed by atoms with Crippen LogP contribution in [0.1, 0.15) is 17.9 Å². The van der Waals surface area contributed by atoms with Gasteiger partial charge in [-0.25, -0.2) is 4.99 Å². The lowest BCUT2D eigenvalue weighted by Crippen LogP contribution is -2.23. The number of nitrogens with one attached hydrogen (secondary N) is 1. The van der Waals surface area contributed by atoms with Crippen LogP contribution in [0.4, 0.5) is 5.69 Å². The maximum absolute atomic E-state index is 5.97. The summed E-state index contributed by atoms with van der Waals surface area (Å²) in [7, 11) is 1.65. The molecule has 0 saturated heterocycles. The van der Waals surface area contributed by atoms with Crippen LogP contribution in [-0.4, -0.2) is 19.1 Å². The van der Waals surface area contributed by atoms with Crippen LogP contribution in [0.5, 0.6) is 5.75 Å². The number of guanidine groups is 1. The Hall–Kier alpha value is -2.49. The van der Waals surface area contributed by atoms with Crippen molar-refractivity contribution in [2.75, 3.05) is 12.4 Å². The van der Waals surface area contributed by atoms with E-state index in [0.29, 0.717) is 11.9 Å². The van der Waals surface area contributed by atoms with Crippen LogP contribution in [0.3, 0.4) is 0 Å². The minimum absolute atomic E-state index is 0.290. The highest BCUT2D eigenvalue weighted by molar-refractivity contribution is 5.92. The largest absolute Gasteiger partial charge is 0.497 e. The van der Waals surface area contributed by atoms with E-state index >= 15 is 0 Å². The monoisotopic (exact) mass is 281 g/mol. The maximum Gasteiger partial charge on any atom is 0.193 e. The van der Waals surface area contributed by atoms with Gasteiger partial charge in [0.1, 0.15) is 5.75 Å². The fourth-order valence-electron chi connectivity index (χ4n) is 2.42. The van der Waals surface area contributed by atoms with E-state index in [9.17, 15) is 0 Å². The minimum Gasteiger partial charge on any atom is -0.497 e. The highest BCUT2D eigenvalue weighted by Crippen LogP contribution is 2.43. The van der Waals surface area contributed by atoms with Crippen LogP contribution in [0.25, 0.3) is 0 Å². The summed E-state index contributed by atoms with van der Waals surface area (Å²) in [5.41, 5.74) is 8.21. The molecule has 2 unspecified atom stereocenters. The lowest BCUT2D eigenvalue weighted by atomic mass is 10.1. The van der Waals surface area contributed by atoms with Crippen LogP contribution in [0, 0.1) is 0 Å². The summed E-state index contributed by atoms with van der Waals surface area (Å²) in [6, 6.07) is 18.4. The van der Waals surface area contributed by atoms with Crippen LogP contribution in [0.2, 0.25) is 0 Å². The second-order valence-corrected chi connectivity index (χ2v) is 5.19. The van der Waals surface area contributed by atoms with Crippen molar-refractivity contribution in [2.45, 2.75) is 18.4 Å². The Morgan fingerprint density at radius 3 is 2.52 bits per heavy atom. The summed E-state index contributed by atoms with van der Waals surface area (Å²) in [6.45, 7) is 0. The molecule has 0 aromatic heterocycles. The van der Waals surface area contributed by atoms with Gasteiger partial charge >= 0.3 is 0 Å². The quantitative estimate of drug-likeness (QED) is 0.669. The van der Waals surface area contributed by atoms with Gasteiger partial charge in [0.15, 0.2) is 5.96 Å². The zero-order chi connectivity index (χ0) is 14.7. The molecule has 2 aromatic carbocycles. The molecule has 4 heteroatoms. The van der Waals surface area contributed by atoms with Gasteiger partial charge in [-0.3, -0.25) is 0 Å². The van der Waals surface area contributed by atoms with E-state index in [1.54, 1.807) is 7.11 Å². The van der Waals surface area contributed by atoms with E-state index in [0.717, 1.165) is 17.9 Å². The molecule has 0 bridgehead atoms. The first-order valence-electron chi connectivity index (χ1n) is 7.05. The van der Waals surface area contributed by atoms with E-state index in [4.69, 9.17) is 10.5 Å². The second-order valence-electron chi connectivity index (χ2n) is 5.19. The molecule has 3 rings (SSSR count). The predicted molar refractivity (Wildman–Crippen MR) is 85.8 cm³/mol. The Morgan fingerprint density at radius 2 is 1.86 bits per heavy atom. The lowest BCUT2D eigenvalue weighted by Gasteiger charge is -2.06. The van der Waals surface area contributed by atoms with Gasteiger partial charge in [0.2, 0.25) is 0 Å². The van der Waals surface area contributed by atoms with Gasteiger partial charge in [0.25, 0.3) is 0 Å². The number of rotatable bonds is 4. The third-order valence-corrected chi connectivity index (χ3v) is 3.65. The summed E-state index contributed by atoms with van der Waals surface area (Å²) in [5.74, 6) is 1.79. The normalized spacial score (nSPS) is 20.9. The van der Waals surface area contributed by atoms with E-state index in [1.165, 1.54) is 5.56 Å².